The molecule has 6 nitrogen and oxygen atoms in total. The molecule has 0 fully saturated rings. The fourth-order valence-corrected chi connectivity index (χ4v) is 4.26. The number of carbonyl (C=O) groups is 3. The van der Waals surface area contributed by atoms with E-state index in [0.29, 0.717) is 25.1 Å². The fraction of sp³-hybridized carbons (Fsp3) is 0.323. The predicted octanol–water partition coefficient (Wildman–Crippen LogP) is 5.05. The van der Waals surface area contributed by atoms with Crippen LogP contribution < -0.4 is 10.6 Å². The Hall–Kier alpha value is -3.93. The maximum Gasteiger partial charge on any atom is 0.252 e. The molecule has 0 unspecified atom stereocenters. The van der Waals surface area contributed by atoms with Crippen molar-refractivity contribution in [2.75, 3.05) is 19.8 Å². The van der Waals surface area contributed by atoms with Crippen molar-refractivity contribution in [2.45, 2.75) is 39.0 Å². The quantitative estimate of drug-likeness (QED) is 0.174. The van der Waals surface area contributed by atoms with E-state index in [1.807, 2.05) is 78.9 Å². The molecule has 0 aliphatic carbocycles. The third-order valence-corrected chi connectivity index (χ3v) is 6.40. The molecule has 0 saturated carbocycles. The topological polar surface area (TPSA) is 78.5 Å². The minimum Gasteiger partial charge on any atom is -0.344 e. The zero-order valence-electron chi connectivity index (χ0n) is 21.6. The molecule has 0 aromatic heterocycles. The van der Waals surface area contributed by atoms with Gasteiger partial charge in [-0.2, -0.15) is 0 Å². The van der Waals surface area contributed by atoms with Gasteiger partial charge in [0, 0.05) is 18.7 Å². The summed E-state index contributed by atoms with van der Waals surface area (Å²) in [5, 5.41) is 5.64. The van der Waals surface area contributed by atoms with E-state index in [0.717, 1.165) is 48.8 Å². The van der Waals surface area contributed by atoms with E-state index in [4.69, 9.17) is 0 Å². The minimum absolute atomic E-state index is 0.0304. The number of amides is 3. The van der Waals surface area contributed by atoms with Gasteiger partial charge in [-0.1, -0.05) is 99.0 Å². The monoisotopic (exact) mass is 499 g/mol. The summed E-state index contributed by atoms with van der Waals surface area (Å²) in [5.74, 6) is -0.732. The molecule has 0 bridgehead atoms. The molecular formula is C31H37N3O3. The lowest BCUT2D eigenvalue weighted by atomic mass is 9.99. The number of hydrogen-bond acceptors (Lipinski definition) is 3. The zero-order chi connectivity index (χ0) is 26.3. The summed E-state index contributed by atoms with van der Waals surface area (Å²) >= 11 is 0. The summed E-state index contributed by atoms with van der Waals surface area (Å²) in [6.45, 7) is 3.07. The average Bonchev–Trinajstić information content (AvgIpc) is 2.95. The lowest BCUT2D eigenvalue weighted by molar-refractivity contribution is -0.127. The molecule has 2 N–H and O–H groups in total. The molecule has 37 heavy (non-hydrogen) atoms. The van der Waals surface area contributed by atoms with Crippen molar-refractivity contribution in [1.29, 1.82) is 0 Å². The largest absolute Gasteiger partial charge is 0.344 e. The summed E-state index contributed by atoms with van der Waals surface area (Å²) in [4.78, 5) is 39.2. The van der Waals surface area contributed by atoms with E-state index in [2.05, 4.69) is 17.6 Å². The fourth-order valence-electron chi connectivity index (χ4n) is 4.26. The van der Waals surface area contributed by atoms with Crippen molar-refractivity contribution in [3.05, 3.63) is 96.1 Å². The second-order valence-electron chi connectivity index (χ2n) is 9.20. The molecule has 3 rings (SSSR count). The van der Waals surface area contributed by atoms with Gasteiger partial charge in [-0.3, -0.25) is 14.4 Å². The van der Waals surface area contributed by atoms with Crippen LogP contribution in [0.2, 0.25) is 0 Å². The van der Waals surface area contributed by atoms with Gasteiger partial charge in [0.1, 0.15) is 0 Å². The van der Waals surface area contributed by atoms with Crippen LogP contribution in [0.15, 0.2) is 84.9 Å². The number of nitrogens with zero attached hydrogens (tertiary/aromatic N) is 1. The Balaban J connectivity index is 1.53. The molecule has 0 spiro atoms. The maximum atomic E-state index is 13.0. The summed E-state index contributed by atoms with van der Waals surface area (Å²) in [5.41, 5.74) is 3.67. The van der Waals surface area contributed by atoms with Crippen molar-refractivity contribution >= 4 is 18.2 Å². The third-order valence-electron chi connectivity index (χ3n) is 6.40. The minimum atomic E-state index is -0.328. The number of unbranched alkanes of at least 4 members (excludes halogenated alkanes) is 2. The highest BCUT2D eigenvalue weighted by Gasteiger charge is 2.21. The van der Waals surface area contributed by atoms with Gasteiger partial charge in [0.25, 0.3) is 5.91 Å². The van der Waals surface area contributed by atoms with Gasteiger partial charge in [-0.25, -0.2) is 0 Å². The van der Waals surface area contributed by atoms with E-state index in [-0.39, 0.29) is 24.4 Å². The van der Waals surface area contributed by atoms with Crippen LogP contribution in [-0.4, -0.2) is 42.9 Å². The molecule has 0 aliphatic rings. The number of carbonyl (C=O) groups excluding carboxylic acids is 3. The van der Waals surface area contributed by atoms with Gasteiger partial charge in [0.2, 0.25) is 12.3 Å². The molecular weight excluding hydrogens is 462 g/mol. The third kappa shape index (κ3) is 9.22. The normalized spacial score (nSPS) is 11.4. The molecule has 3 aromatic carbocycles. The number of benzene rings is 3. The number of nitrogens with one attached hydrogen (secondary N) is 2. The molecule has 3 aromatic rings. The van der Waals surface area contributed by atoms with Crippen LogP contribution in [0.3, 0.4) is 0 Å². The van der Waals surface area contributed by atoms with E-state index in [1.165, 1.54) is 0 Å². The molecule has 0 saturated heterocycles. The number of hydrogen-bond donors (Lipinski definition) is 2. The molecule has 1 atom stereocenters. The van der Waals surface area contributed by atoms with Crippen LogP contribution in [0.5, 0.6) is 0 Å². The summed E-state index contributed by atoms with van der Waals surface area (Å²) in [7, 11) is 0. The maximum absolute atomic E-state index is 13.0. The van der Waals surface area contributed by atoms with E-state index in [1.54, 1.807) is 11.0 Å². The Morgan fingerprint density at radius 2 is 1.57 bits per heavy atom. The van der Waals surface area contributed by atoms with Gasteiger partial charge in [-0.15, -0.1) is 0 Å². The highest BCUT2D eigenvalue weighted by Crippen LogP contribution is 2.20. The first kappa shape index (κ1) is 27.7. The van der Waals surface area contributed by atoms with Crippen LogP contribution >= 0.6 is 0 Å². The van der Waals surface area contributed by atoms with Gasteiger partial charge in [-0.05, 0) is 41.7 Å². The zero-order valence-corrected chi connectivity index (χ0v) is 21.6. The summed E-state index contributed by atoms with van der Waals surface area (Å²) in [6, 6.07) is 27.3. The van der Waals surface area contributed by atoms with Crippen molar-refractivity contribution in [1.82, 2.24) is 15.5 Å². The summed E-state index contributed by atoms with van der Waals surface area (Å²) < 4.78 is 0. The Bertz CT molecular complexity index is 1120. The van der Waals surface area contributed by atoms with Crippen molar-refractivity contribution < 1.29 is 14.4 Å². The van der Waals surface area contributed by atoms with Crippen molar-refractivity contribution in [2.24, 2.45) is 5.92 Å². The van der Waals surface area contributed by atoms with Crippen LogP contribution in [-0.2, 0) is 16.0 Å². The van der Waals surface area contributed by atoms with E-state index in [9.17, 15) is 14.4 Å². The first-order valence-corrected chi connectivity index (χ1v) is 13.1. The SMILES string of the molecule is CCCCC[C@H](CN(C=O)CCc1ccccc1)C(=O)NCNC(=O)c1cccc(-c2ccccc2)c1. The second-order valence-corrected chi connectivity index (χ2v) is 9.20. The number of rotatable bonds is 15. The highest BCUT2D eigenvalue weighted by molar-refractivity contribution is 5.95. The van der Waals surface area contributed by atoms with Crippen molar-refractivity contribution in [3.8, 4) is 11.1 Å². The molecule has 194 valence electrons. The lowest BCUT2D eigenvalue weighted by Crippen LogP contribution is -2.43. The second kappa shape index (κ2) is 15.2. The van der Waals surface area contributed by atoms with Crippen LogP contribution in [0.1, 0.15) is 48.5 Å². The van der Waals surface area contributed by atoms with Crippen molar-refractivity contribution in [3.63, 3.8) is 0 Å². The van der Waals surface area contributed by atoms with Gasteiger partial charge in [0.05, 0.1) is 12.6 Å². The van der Waals surface area contributed by atoms with Gasteiger partial charge >= 0.3 is 0 Å². The van der Waals surface area contributed by atoms with Gasteiger partial charge < -0.3 is 15.5 Å². The Kier molecular flexibility index (Phi) is 11.4. The first-order valence-electron chi connectivity index (χ1n) is 13.1. The lowest BCUT2D eigenvalue weighted by Gasteiger charge is -2.24. The van der Waals surface area contributed by atoms with Gasteiger partial charge in [0.15, 0.2) is 0 Å². The molecule has 6 heteroatoms. The smallest absolute Gasteiger partial charge is 0.252 e. The standard InChI is InChI=1S/C31H37N3O3/c1-2-3-6-16-29(22-34(24-35)20-19-25-12-7-4-8-13-25)31(37)33-23-32-30(36)28-18-11-17-27(21-28)26-14-9-5-10-15-26/h4-5,7-15,17-18,21,24,29H,2-3,6,16,19-20,22-23H2,1H3,(H,32,36)(H,33,37)/t29-/m1/s1. The Morgan fingerprint density at radius 3 is 2.27 bits per heavy atom. The average molecular weight is 500 g/mol. The highest BCUT2D eigenvalue weighted by atomic mass is 16.2. The summed E-state index contributed by atoms with van der Waals surface area (Å²) in [6.07, 6.45) is 5.26. The van der Waals surface area contributed by atoms with Crippen LogP contribution in [0.25, 0.3) is 11.1 Å². The predicted molar refractivity (Wildman–Crippen MR) is 148 cm³/mol. The molecule has 3 amide bonds. The Labute approximate surface area is 220 Å². The molecule has 0 radical (unpaired) electrons. The Morgan fingerprint density at radius 1 is 0.865 bits per heavy atom. The van der Waals surface area contributed by atoms with Crippen LogP contribution in [0, 0.1) is 5.92 Å². The van der Waals surface area contributed by atoms with E-state index >= 15 is 0 Å². The molecule has 0 heterocycles. The first-order chi connectivity index (χ1) is 18.1. The van der Waals surface area contributed by atoms with Crippen LogP contribution in [0.4, 0.5) is 0 Å². The molecule has 0 aliphatic heterocycles. The van der Waals surface area contributed by atoms with E-state index < -0.39 is 0 Å².